The Kier molecular flexibility index (Phi) is 5.37. The number of hydrogen-bond donors (Lipinski definition) is 1. The molecule has 2 aromatic carbocycles. The second kappa shape index (κ2) is 7.67. The summed E-state index contributed by atoms with van der Waals surface area (Å²) >= 11 is 6.45. The Balaban J connectivity index is 1.70. The topological polar surface area (TPSA) is 24.9 Å². The average Bonchev–Trinajstić information content (AvgIpc) is 2.61. The summed E-state index contributed by atoms with van der Waals surface area (Å²) in [7, 11) is 0. The Morgan fingerprint density at radius 3 is 2.71 bits per heavy atom. The van der Waals surface area contributed by atoms with Crippen LogP contribution >= 0.6 is 11.6 Å². The number of fused-ring (bicyclic) bond motifs is 1. The van der Waals surface area contributed by atoms with Crippen molar-refractivity contribution in [3.8, 4) is 0 Å². The SMILES string of the molecule is CCc1cccc(Cl)c1C(C)CCNc1cccc2cccnc12. The normalized spacial score (nSPS) is 12.3. The van der Waals surface area contributed by atoms with Crippen molar-refractivity contribution >= 4 is 28.2 Å². The van der Waals surface area contributed by atoms with Gasteiger partial charge in [-0.1, -0.05) is 55.8 Å². The van der Waals surface area contributed by atoms with Crippen LogP contribution in [0.25, 0.3) is 10.9 Å². The molecular formula is C21H23ClN2. The maximum atomic E-state index is 6.45. The van der Waals surface area contributed by atoms with Crippen LogP contribution in [-0.2, 0) is 6.42 Å². The number of anilines is 1. The van der Waals surface area contributed by atoms with E-state index in [1.807, 2.05) is 24.4 Å². The quantitative estimate of drug-likeness (QED) is 0.591. The maximum Gasteiger partial charge on any atom is 0.0933 e. The van der Waals surface area contributed by atoms with Crippen LogP contribution in [0, 0.1) is 0 Å². The fraction of sp³-hybridized carbons (Fsp3) is 0.286. The Bertz CT molecular complexity index is 824. The third kappa shape index (κ3) is 3.54. The highest BCUT2D eigenvalue weighted by molar-refractivity contribution is 6.31. The molecule has 0 saturated heterocycles. The molecule has 0 aliphatic carbocycles. The lowest BCUT2D eigenvalue weighted by atomic mass is 9.92. The lowest BCUT2D eigenvalue weighted by Gasteiger charge is -2.18. The first kappa shape index (κ1) is 16.8. The lowest BCUT2D eigenvalue weighted by Crippen LogP contribution is -2.08. The molecule has 0 amide bonds. The highest BCUT2D eigenvalue weighted by Crippen LogP contribution is 2.31. The molecule has 1 N–H and O–H groups in total. The van der Waals surface area contributed by atoms with E-state index in [0.717, 1.165) is 41.0 Å². The number of halogens is 1. The molecule has 24 heavy (non-hydrogen) atoms. The molecular weight excluding hydrogens is 316 g/mol. The van der Waals surface area contributed by atoms with Gasteiger partial charge in [-0.05, 0) is 48.1 Å². The van der Waals surface area contributed by atoms with Gasteiger partial charge in [-0.2, -0.15) is 0 Å². The van der Waals surface area contributed by atoms with Crippen LogP contribution in [0.15, 0.2) is 54.7 Å². The molecule has 0 saturated carbocycles. The summed E-state index contributed by atoms with van der Waals surface area (Å²) in [6.07, 6.45) is 3.88. The Morgan fingerprint density at radius 1 is 1.08 bits per heavy atom. The van der Waals surface area contributed by atoms with E-state index >= 15 is 0 Å². The van der Waals surface area contributed by atoms with Crippen molar-refractivity contribution in [3.63, 3.8) is 0 Å². The summed E-state index contributed by atoms with van der Waals surface area (Å²) in [5, 5.41) is 5.58. The number of rotatable bonds is 6. The van der Waals surface area contributed by atoms with Crippen molar-refractivity contribution in [1.82, 2.24) is 4.98 Å². The van der Waals surface area contributed by atoms with Crippen LogP contribution < -0.4 is 5.32 Å². The zero-order valence-electron chi connectivity index (χ0n) is 14.2. The van der Waals surface area contributed by atoms with Gasteiger partial charge in [0.2, 0.25) is 0 Å². The van der Waals surface area contributed by atoms with E-state index in [0.29, 0.717) is 5.92 Å². The number of pyridine rings is 1. The average molecular weight is 339 g/mol. The largest absolute Gasteiger partial charge is 0.383 e. The predicted molar refractivity (Wildman–Crippen MR) is 104 cm³/mol. The van der Waals surface area contributed by atoms with Crippen molar-refractivity contribution in [1.29, 1.82) is 0 Å². The van der Waals surface area contributed by atoms with E-state index in [4.69, 9.17) is 11.6 Å². The fourth-order valence-electron chi connectivity index (χ4n) is 3.26. The number of para-hydroxylation sites is 1. The van der Waals surface area contributed by atoms with Gasteiger partial charge in [-0.3, -0.25) is 4.98 Å². The molecule has 0 aliphatic heterocycles. The zero-order valence-corrected chi connectivity index (χ0v) is 15.0. The van der Waals surface area contributed by atoms with Gasteiger partial charge in [0.25, 0.3) is 0 Å². The summed E-state index contributed by atoms with van der Waals surface area (Å²) in [5.41, 5.74) is 4.76. The minimum Gasteiger partial charge on any atom is -0.383 e. The second-order valence-electron chi connectivity index (χ2n) is 6.16. The molecule has 3 rings (SSSR count). The van der Waals surface area contributed by atoms with Crippen molar-refractivity contribution in [2.24, 2.45) is 0 Å². The van der Waals surface area contributed by atoms with Gasteiger partial charge >= 0.3 is 0 Å². The molecule has 0 radical (unpaired) electrons. The van der Waals surface area contributed by atoms with Gasteiger partial charge in [-0.25, -0.2) is 0 Å². The predicted octanol–water partition coefficient (Wildman–Crippen LogP) is 6.06. The Hall–Kier alpha value is -2.06. The fourth-order valence-corrected chi connectivity index (χ4v) is 3.64. The van der Waals surface area contributed by atoms with E-state index in [1.165, 1.54) is 11.1 Å². The second-order valence-corrected chi connectivity index (χ2v) is 6.57. The van der Waals surface area contributed by atoms with E-state index < -0.39 is 0 Å². The third-order valence-corrected chi connectivity index (χ3v) is 4.87. The standard InChI is InChI=1S/C21H23ClN2/c1-3-16-7-4-10-18(22)20(16)15(2)12-14-23-19-11-5-8-17-9-6-13-24-21(17)19/h4-11,13,15,23H,3,12,14H2,1-2H3. The van der Waals surface area contributed by atoms with Gasteiger partial charge in [-0.15, -0.1) is 0 Å². The molecule has 1 unspecified atom stereocenters. The number of hydrogen-bond acceptors (Lipinski definition) is 2. The van der Waals surface area contributed by atoms with Gasteiger partial charge < -0.3 is 5.32 Å². The highest BCUT2D eigenvalue weighted by Gasteiger charge is 2.13. The van der Waals surface area contributed by atoms with Gasteiger partial charge in [0.05, 0.1) is 11.2 Å². The van der Waals surface area contributed by atoms with Gasteiger partial charge in [0.1, 0.15) is 0 Å². The molecule has 1 aromatic heterocycles. The number of nitrogens with one attached hydrogen (secondary N) is 1. The van der Waals surface area contributed by atoms with Crippen molar-refractivity contribution in [2.75, 3.05) is 11.9 Å². The molecule has 3 aromatic rings. The Labute approximate surface area is 148 Å². The smallest absolute Gasteiger partial charge is 0.0933 e. The first-order valence-corrected chi connectivity index (χ1v) is 8.93. The lowest BCUT2D eigenvalue weighted by molar-refractivity contribution is 0.698. The number of nitrogens with zero attached hydrogens (tertiary/aromatic N) is 1. The van der Waals surface area contributed by atoms with Crippen LogP contribution in [0.3, 0.4) is 0 Å². The minimum absolute atomic E-state index is 0.420. The van der Waals surface area contributed by atoms with Crippen LogP contribution in [0.2, 0.25) is 5.02 Å². The van der Waals surface area contributed by atoms with E-state index in [-0.39, 0.29) is 0 Å². The molecule has 3 heteroatoms. The zero-order chi connectivity index (χ0) is 16.9. The molecule has 2 nitrogen and oxygen atoms in total. The van der Waals surface area contributed by atoms with Crippen molar-refractivity contribution in [3.05, 3.63) is 70.9 Å². The Morgan fingerprint density at radius 2 is 1.88 bits per heavy atom. The summed E-state index contributed by atoms with van der Waals surface area (Å²) in [6.45, 7) is 5.33. The van der Waals surface area contributed by atoms with Crippen LogP contribution in [0.4, 0.5) is 5.69 Å². The number of aryl methyl sites for hydroxylation is 1. The molecule has 0 spiro atoms. The molecule has 124 valence electrons. The van der Waals surface area contributed by atoms with Crippen LogP contribution in [0.1, 0.15) is 37.3 Å². The monoisotopic (exact) mass is 338 g/mol. The highest BCUT2D eigenvalue weighted by atomic mass is 35.5. The minimum atomic E-state index is 0.420. The summed E-state index contributed by atoms with van der Waals surface area (Å²) in [4.78, 5) is 4.49. The first-order valence-electron chi connectivity index (χ1n) is 8.55. The number of aromatic nitrogens is 1. The van der Waals surface area contributed by atoms with Gasteiger partial charge in [0, 0.05) is 23.2 Å². The first-order chi connectivity index (χ1) is 11.7. The van der Waals surface area contributed by atoms with E-state index in [9.17, 15) is 0 Å². The molecule has 1 heterocycles. The van der Waals surface area contributed by atoms with Crippen LogP contribution in [-0.4, -0.2) is 11.5 Å². The summed E-state index contributed by atoms with van der Waals surface area (Å²) < 4.78 is 0. The van der Waals surface area contributed by atoms with E-state index in [2.05, 4.69) is 54.5 Å². The van der Waals surface area contributed by atoms with E-state index in [1.54, 1.807) is 0 Å². The molecule has 0 fully saturated rings. The maximum absolute atomic E-state index is 6.45. The molecule has 0 bridgehead atoms. The molecule has 0 aliphatic rings. The van der Waals surface area contributed by atoms with Crippen molar-refractivity contribution in [2.45, 2.75) is 32.6 Å². The number of benzene rings is 2. The third-order valence-electron chi connectivity index (χ3n) is 4.54. The van der Waals surface area contributed by atoms with Gasteiger partial charge in [0.15, 0.2) is 0 Å². The van der Waals surface area contributed by atoms with Crippen LogP contribution in [0.5, 0.6) is 0 Å². The molecule has 1 atom stereocenters. The van der Waals surface area contributed by atoms with Crippen molar-refractivity contribution < 1.29 is 0 Å². The summed E-state index contributed by atoms with van der Waals surface area (Å²) in [6, 6.07) is 16.5. The summed E-state index contributed by atoms with van der Waals surface area (Å²) in [5.74, 6) is 0.420.